The molecule has 3 rings (SSSR count). The van der Waals surface area contributed by atoms with Gasteiger partial charge in [-0.3, -0.25) is 4.79 Å². The minimum absolute atomic E-state index is 0.0757. The molecule has 0 bridgehead atoms. The number of hydrogen-bond donors (Lipinski definition) is 1. The molecule has 1 aliphatic rings. The molecule has 1 aromatic carbocycles. The zero-order valence-corrected chi connectivity index (χ0v) is 12.6. The molecule has 4 nitrogen and oxygen atoms in total. The molecule has 0 radical (unpaired) electrons. The van der Waals surface area contributed by atoms with E-state index in [1.54, 1.807) is 13.8 Å². The standard InChI is InChI=1S/C17H20N2O2/c1-10-4-6-13(7-5-10)16(14-8-9-14)18-17(20)15-11(2)19-21-12(15)3/h4-7,14,16H,8-9H2,1-3H3,(H,18,20)/t16-/m0/s1. The van der Waals surface area contributed by atoms with Crippen LogP contribution in [0.2, 0.25) is 0 Å². The van der Waals surface area contributed by atoms with Crippen LogP contribution in [0.5, 0.6) is 0 Å². The van der Waals surface area contributed by atoms with Crippen molar-refractivity contribution < 1.29 is 9.32 Å². The van der Waals surface area contributed by atoms with Crippen LogP contribution in [0, 0.1) is 26.7 Å². The van der Waals surface area contributed by atoms with Gasteiger partial charge in [-0.25, -0.2) is 0 Å². The number of aromatic nitrogens is 1. The number of aryl methyl sites for hydroxylation is 3. The van der Waals surface area contributed by atoms with E-state index >= 15 is 0 Å². The van der Waals surface area contributed by atoms with Gasteiger partial charge in [0.25, 0.3) is 5.91 Å². The number of amides is 1. The highest BCUT2D eigenvalue weighted by atomic mass is 16.5. The third-order valence-corrected chi connectivity index (χ3v) is 4.08. The van der Waals surface area contributed by atoms with Crippen LogP contribution in [0.25, 0.3) is 0 Å². The first-order chi connectivity index (χ1) is 10.1. The monoisotopic (exact) mass is 284 g/mol. The Labute approximate surface area is 124 Å². The highest BCUT2D eigenvalue weighted by molar-refractivity contribution is 5.96. The van der Waals surface area contributed by atoms with Gasteiger partial charge in [0, 0.05) is 0 Å². The predicted molar refractivity (Wildman–Crippen MR) is 80.1 cm³/mol. The topological polar surface area (TPSA) is 55.1 Å². The molecule has 0 saturated heterocycles. The maximum Gasteiger partial charge on any atom is 0.257 e. The van der Waals surface area contributed by atoms with Crippen molar-refractivity contribution in [3.63, 3.8) is 0 Å². The van der Waals surface area contributed by atoms with Crippen LogP contribution in [-0.2, 0) is 0 Å². The second kappa shape index (κ2) is 5.35. The van der Waals surface area contributed by atoms with Crippen LogP contribution in [-0.4, -0.2) is 11.1 Å². The summed E-state index contributed by atoms with van der Waals surface area (Å²) in [7, 11) is 0. The summed E-state index contributed by atoms with van der Waals surface area (Å²) in [5.41, 5.74) is 3.60. The molecule has 1 amide bonds. The number of carbonyl (C=O) groups excluding carboxylic acids is 1. The minimum atomic E-state index is -0.0938. The summed E-state index contributed by atoms with van der Waals surface area (Å²) in [5.74, 6) is 1.02. The van der Waals surface area contributed by atoms with Crippen molar-refractivity contribution in [2.75, 3.05) is 0 Å². The summed E-state index contributed by atoms with van der Waals surface area (Å²) in [6, 6.07) is 8.46. The van der Waals surface area contributed by atoms with Gasteiger partial charge in [-0.1, -0.05) is 35.0 Å². The number of nitrogens with zero attached hydrogens (tertiary/aromatic N) is 1. The summed E-state index contributed by atoms with van der Waals surface area (Å²) >= 11 is 0. The average Bonchev–Trinajstić information content (AvgIpc) is 3.23. The Hall–Kier alpha value is -2.10. The number of hydrogen-bond acceptors (Lipinski definition) is 3. The molecule has 1 atom stereocenters. The molecular formula is C17H20N2O2. The van der Waals surface area contributed by atoms with Gasteiger partial charge in [-0.05, 0) is 45.1 Å². The number of nitrogens with one attached hydrogen (secondary N) is 1. The molecule has 0 aliphatic heterocycles. The Kier molecular flexibility index (Phi) is 3.53. The second-order valence-electron chi connectivity index (χ2n) is 5.90. The van der Waals surface area contributed by atoms with Crippen molar-refractivity contribution in [2.45, 2.75) is 39.7 Å². The van der Waals surface area contributed by atoms with E-state index < -0.39 is 0 Å². The van der Waals surface area contributed by atoms with Gasteiger partial charge in [0.05, 0.1) is 11.7 Å². The van der Waals surface area contributed by atoms with Crippen molar-refractivity contribution >= 4 is 5.91 Å². The fraction of sp³-hybridized carbons (Fsp3) is 0.412. The van der Waals surface area contributed by atoms with Gasteiger partial charge in [-0.2, -0.15) is 0 Å². The second-order valence-corrected chi connectivity index (χ2v) is 5.90. The zero-order chi connectivity index (χ0) is 15.0. The summed E-state index contributed by atoms with van der Waals surface area (Å²) in [6.45, 7) is 5.63. The molecular weight excluding hydrogens is 264 g/mol. The number of rotatable bonds is 4. The van der Waals surface area contributed by atoms with E-state index in [9.17, 15) is 4.79 Å². The van der Waals surface area contributed by atoms with Crippen molar-refractivity contribution in [3.8, 4) is 0 Å². The van der Waals surface area contributed by atoms with E-state index in [1.807, 2.05) is 0 Å². The van der Waals surface area contributed by atoms with Gasteiger partial charge in [0.15, 0.2) is 0 Å². The summed E-state index contributed by atoms with van der Waals surface area (Å²) in [4.78, 5) is 12.5. The van der Waals surface area contributed by atoms with Crippen LogP contribution in [0.15, 0.2) is 28.8 Å². The highest BCUT2D eigenvalue weighted by Crippen LogP contribution is 2.41. The fourth-order valence-corrected chi connectivity index (χ4v) is 2.70. The highest BCUT2D eigenvalue weighted by Gasteiger charge is 2.34. The molecule has 0 unspecified atom stereocenters. The van der Waals surface area contributed by atoms with Crippen molar-refractivity contribution in [1.82, 2.24) is 10.5 Å². The minimum Gasteiger partial charge on any atom is -0.361 e. The van der Waals surface area contributed by atoms with E-state index in [4.69, 9.17) is 4.52 Å². The van der Waals surface area contributed by atoms with Crippen LogP contribution < -0.4 is 5.32 Å². The lowest BCUT2D eigenvalue weighted by molar-refractivity contribution is 0.0929. The molecule has 4 heteroatoms. The van der Waals surface area contributed by atoms with Gasteiger partial charge in [0.2, 0.25) is 0 Å². The Balaban J connectivity index is 1.83. The van der Waals surface area contributed by atoms with E-state index in [-0.39, 0.29) is 11.9 Å². The predicted octanol–water partition coefficient (Wildman–Crippen LogP) is 3.48. The first kappa shape index (κ1) is 13.9. The molecule has 1 aliphatic carbocycles. The van der Waals surface area contributed by atoms with E-state index in [0.29, 0.717) is 22.9 Å². The largest absolute Gasteiger partial charge is 0.361 e. The zero-order valence-electron chi connectivity index (χ0n) is 12.6. The molecule has 1 fully saturated rings. The third-order valence-electron chi connectivity index (χ3n) is 4.08. The third kappa shape index (κ3) is 2.84. The Bertz CT molecular complexity index is 634. The first-order valence-corrected chi connectivity index (χ1v) is 7.36. The first-order valence-electron chi connectivity index (χ1n) is 7.36. The molecule has 110 valence electrons. The molecule has 1 heterocycles. The van der Waals surface area contributed by atoms with Crippen molar-refractivity contribution in [1.29, 1.82) is 0 Å². The van der Waals surface area contributed by atoms with E-state index in [1.165, 1.54) is 24.0 Å². The molecule has 0 spiro atoms. The van der Waals surface area contributed by atoms with Gasteiger partial charge in [0.1, 0.15) is 11.3 Å². The normalized spacial score (nSPS) is 15.8. The van der Waals surface area contributed by atoms with Crippen LogP contribution in [0.4, 0.5) is 0 Å². The molecule has 21 heavy (non-hydrogen) atoms. The van der Waals surface area contributed by atoms with Crippen LogP contribution in [0.1, 0.15) is 51.8 Å². The average molecular weight is 284 g/mol. The summed E-state index contributed by atoms with van der Waals surface area (Å²) in [6.07, 6.45) is 2.33. The molecule has 1 aromatic heterocycles. The Morgan fingerprint density at radius 3 is 2.43 bits per heavy atom. The summed E-state index contributed by atoms with van der Waals surface area (Å²) in [5, 5.41) is 7.01. The lowest BCUT2D eigenvalue weighted by atomic mass is 10.0. The molecule has 2 aromatic rings. The lowest BCUT2D eigenvalue weighted by Gasteiger charge is -2.19. The smallest absolute Gasteiger partial charge is 0.257 e. The number of carbonyl (C=O) groups is 1. The maximum atomic E-state index is 12.5. The van der Waals surface area contributed by atoms with Gasteiger partial charge >= 0.3 is 0 Å². The van der Waals surface area contributed by atoms with Crippen molar-refractivity contribution in [2.24, 2.45) is 5.92 Å². The lowest BCUT2D eigenvalue weighted by Crippen LogP contribution is -2.30. The van der Waals surface area contributed by atoms with Crippen molar-refractivity contribution in [3.05, 3.63) is 52.4 Å². The van der Waals surface area contributed by atoms with E-state index in [0.717, 1.165) is 0 Å². The Morgan fingerprint density at radius 2 is 1.90 bits per heavy atom. The van der Waals surface area contributed by atoms with Crippen LogP contribution in [0.3, 0.4) is 0 Å². The molecule has 1 saturated carbocycles. The Morgan fingerprint density at radius 1 is 1.24 bits per heavy atom. The SMILES string of the molecule is Cc1ccc([C@H](NC(=O)c2c(C)noc2C)C2CC2)cc1. The van der Waals surface area contributed by atoms with Gasteiger partial charge in [-0.15, -0.1) is 0 Å². The van der Waals surface area contributed by atoms with Gasteiger partial charge < -0.3 is 9.84 Å². The fourth-order valence-electron chi connectivity index (χ4n) is 2.70. The van der Waals surface area contributed by atoms with E-state index in [2.05, 4.69) is 41.7 Å². The number of benzene rings is 1. The summed E-state index contributed by atoms with van der Waals surface area (Å²) < 4.78 is 5.08. The molecule has 1 N–H and O–H groups in total. The quantitative estimate of drug-likeness (QED) is 0.935. The van der Waals surface area contributed by atoms with Crippen LogP contribution >= 0.6 is 0 Å². The maximum absolute atomic E-state index is 12.5.